The van der Waals surface area contributed by atoms with E-state index in [0.717, 1.165) is 5.56 Å². The normalized spacial score (nSPS) is 19.4. The molecule has 9 heteroatoms. The molecule has 1 saturated heterocycles. The molecule has 0 radical (unpaired) electrons. The fraction of sp³-hybridized carbons (Fsp3) is 0.333. The molecule has 0 aliphatic carbocycles. The summed E-state index contributed by atoms with van der Waals surface area (Å²) in [7, 11) is 0. The van der Waals surface area contributed by atoms with Crippen molar-refractivity contribution >= 4 is 12.1 Å². The largest absolute Gasteiger partial charge is 0.522 e. The number of halogens is 3. The van der Waals surface area contributed by atoms with Crippen LogP contribution in [0.25, 0.3) is 0 Å². The summed E-state index contributed by atoms with van der Waals surface area (Å²) in [6, 6.07) is 13.9. The lowest BCUT2D eigenvalue weighted by Gasteiger charge is -2.39. The minimum atomic E-state index is -4.78. The molecule has 3 rings (SSSR count). The average Bonchev–Trinajstić information content (AvgIpc) is 2.71. The topological polar surface area (TPSA) is 76.1 Å². The van der Waals surface area contributed by atoms with Crippen molar-refractivity contribution in [1.29, 1.82) is 0 Å². The maximum atomic E-state index is 12.7. The molecule has 0 aromatic heterocycles. The predicted molar refractivity (Wildman–Crippen MR) is 99.6 cm³/mol. The molecule has 1 aliphatic rings. The Morgan fingerprint density at radius 3 is 2.33 bits per heavy atom. The van der Waals surface area contributed by atoms with E-state index < -0.39 is 30.6 Å². The maximum Gasteiger partial charge on any atom is 0.522 e. The van der Waals surface area contributed by atoms with E-state index in [1.54, 1.807) is 24.3 Å². The van der Waals surface area contributed by atoms with Crippen LogP contribution in [0.2, 0.25) is 0 Å². The summed E-state index contributed by atoms with van der Waals surface area (Å²) in [4.78, 5) is 25.1. The van der Waals surface area contributed by atoms with Gasteiger partial charge in [-0.15, -0.1) is 13.2 Å². The lowest BCUT2D eigenvalue weighted by atomic mass is 9.93. The van der Waals surface area contributed by atoms with Crippen LogP contribution in [-0.4, -0.2) is 41.1 Å². The van der Waals surface area contributed by atoms with Crippen molar-refractivity contribution in [2.24, 2.45) is 0 Å². The minimum Gasteiger partial charge on any atom is -0.478 e. The molecule has 0 spiro atoms. The maximum absolute atomic E-state index is 12.7. The zero-order chi connectivity index (χ0) is 21.7. The molecule has 6 nitrogen and oxygen atoms in total. The second kappa shape index (κ2) is 9.17. The van der Waals surface area contributed by atoms with Crippen LogP contribution in [0.1, 0.15) is 40.4 Å². The number of amides is 1. The van der Waals surface area contributed by atoms with Crippen molar-refractivity contribution in [2.75, 3.05) is 6.54 Å². The van der Waals surface area contributed by atoms with Crippen LogP contribution in [0.15, 0.2) is 54.6 Å². The number of alkyl halides is 3. The zero-order valence-electron chi connectivity index (χ0n) is 15.8. The average molecular weight is 423 g/mol. The highest BCUT2D eigenvalue weighted by molar-refractivity contribution is 5.87. The van der Waals surface area contributed by atoms with E-state index in [4.69, 9.17) is 9.84 Å². The number of benzene rings is 2. The van der Waals surface area contributed by atoms with Gasteiger partial charge in [-0.1, -0.05) is 42.5 Å². The van der Waals surface area contributed by atoms with Gasteiger partial charge in [0.2, 0.25) is 0 Å². The van der Waals surface area contributed by atoms with Gasteiger partial charge in [0, 0.05) is 6.54 Å². The second-order valence-corrected chi connectivity index (χ2v) is 6.89. The molecular weight excluding hydrogens is 403 g/mol. The van der Waals surface area contributed by atoms with E-state index in [1.165, 1.54) is 29.2 Å². The molecule has 1 amide bonds. The van der Waals surface area contributed by atoms with Gasteiger partial charge in [-0.05, 0) is 36.1 Å². The first-order valence-electron chi connectivity index (χ1n) is 9.28. The summed E-state index contributed by atoms with van der Waals surface area (Å²) in [5.74, 6) is -1.12. The number of hydrogen-bond acceptors (Lipinski definition) is 4. The van der Waals surface area contributed by atoms with E-state index in [0.29, 0.717) is 5.56 Å². The highest BCUT2D eigenvalue weighted by atomic mass is 19.4. The number of likely N-dealkylation sites (tertiary alicyclic amines) is 1. The molecule has 1 N–H and O–H groups in total. The molecule has 1 fully saturated rings. The Bertz CT molecular complexity index is 870. The lowest BCUT2D eigenvalue weighted by molar-refractivity contribution is -0.346. The summed E-state index contributed by atoms with van der Waals surface area (Å²) in [6.45, 7) is 0.0447. The van der Waals surface area contributed by atoms with Crippen LogP contribution in [0.4, 0.5) is 18.0 Å². The second-order valence-electron chi connectivity index (χ2n) is 6.89. The summed E-state index contributed by atoms with van der Waals surface area (Å²) in [5, 5.41) is 9.04. The number of piperidine rings is 1. The van der Waals surface area contributed by atoms with Gasteiger partial charge in [0.25, 0.3) is 0 Å². The molecule has 2 atom stereocenters. The molecule has 160 valence electrons. The quantitative estimate of drug-likeness (QED) is 0.750. The van der Waals surface area contributed by atoms with Crippen LogP contribution >= 0.6 is 0 Å². The molecule has 30 heavy (non-hydrogen) atoms. The van der Waals surface area contributed by atoms with Crippen molar-refractivity contribution in [3.05, 3.63) is 71.3 Å². The molecule has 0 unspecified atom stereocenters. The van der Waals surface area contributed by atoms with Gasteiger partial charge in [0.15, 0.2) is 0 Å². The van der Waals surface area contributed by atoms with E-state index >= 15 is 0 Å². The third kappa shape index (κ3) is 5.73. The van der Waals surface area contributed by atoms with E-state index in [-0.39, 0.29) is 31.6 Å². The number of carboxylic acid groups (broad SMARTS) is 1. The molecule has 0 saturated carbocycles. The Morgan fingerprint density at radius 1 is 1.07 bits per heavy atom. The van der Waals surface area contributed by atoms with Gasteiger partial charge >= 0.3 is 18.4 Å². The van der Waals surface area contributed by atoms with Crippen LogP contribution in [0, 0.1) is 0 Å². The Morgan fingerprint density at radius 2 is 1.73 bits per heavy atom. The highest BCUT2D eigenvalue weighted by Gasteiger charge is 2.40. The number of ether oxygens (including phenoxy) is 2. The van der Waals surface area contributed by atoms with Crippen LogP contribution < -0.4 is 0 Å². The van der Waals surface area contributed by atoms with Gasteiger partial charge in [-0.3, -0.25) is 4.74 Å². The Balaban J connectivity index is 1.77. The van der Waals surface area contributed by atoms with Gasteiger partial charge in [-0.2, -0.15) is 0 Å². The number of carbonyl (C=O) groups is 2. The first-order valence-corrected chi connectivity index (χ1v) is 9.28. The number of hydrogen-bond donors (Lipinski definition) is 1. The van der Waals surface area contributed by atoms with Crippen molar-refractivity contribution in [2.45, 2.75) is 38.0 Å². The summed E-state index contributed by atoms with van der Waals surface area (Å²) in [6.07, 6.45) is -6.64. The number of carbonyl (C=O) groups excluding carboxylic acids is 1. The van der Waals surface area contributed by atoms with Crippen molar-refractivity contribution in [3.63, 3.8) is 0 Å². The molecule has 2 aromatic rings. The Labute approximate surface area is 170 Å². The Kier molecular flexibility index (Phi) is 6.61. The van der Waals surface area contributed by atoms with Gasteiger partial charge in [0.1, 0.15) is 6.61 Å². The fourth-order valence-corrected chi connectivity index (χ4v) is 3.41. The van der Waals surface area contributed by atoms with Gasteiger partial charge < -0.3 is 14.7 Å². The highest BCUT2D eigenvalue weighted by Crippen LogP contribution is 2.35. The predicted octanol–water partition coefficient (Wildman–Crippen LogP) is 4.76. The number of nitrogens with zero attached hydrogens (tertiary/aromatic N) is 1. The van der Waals surface area contributed by atoms with E-state index in [9.17, 15) is 22.8 Å². The molecular formula is C21H20F3NO5. The fourth-order valence-electron chi connectivity index (χ4n) is 3.41. The monoisotopic (exact) mass is 423 g/mol. The van der Waals surface area contributed by atoms with E-state index in [1.807, 2.05) is 6.07 Å². The van der Waals surface area contributed by atoms with Gasteiger partial charge in [-0.25, -0.2) is 9.59 Å². The molecule has 0 bridgehead atoms. The minimum absolute atomic E-state index is 0.00363. The molecule has 1 aliphatic heterocycles. The molecule has 1 heterocycles. The number of aromatic carboxylic acids is 1. The lowest BCUT2D eigenvalue weighted by Crippen LogP contribution is -2.44. The van der Waals surface area contributed by atoms with Crippen molar-refractivity contribution in [3.8, 4) is 0 Å². The number of rotatable bonds is 5. The third-order valence-electron chi connectivity index (χ3n) is 4.84. The standard InChI is InChI=1S/C21H20F3NO5/c22-21(23,24)30-17-10-11-25(20(28)29-13-14-4-2-1-3-5-14)18(12-17)15-6-8-16(9-7-15)19(26)27/h1-9,17-18H,10-13H2,(H,26,27)/t17-,18-/m0/s1. The van der Waals surface area contributed by atoms with Crippen LogP contribution in [-0.2, 0) is 16.1 Å². The van der Waals surface area contributed by atoms with Crippen LogP contribution in [0.5, 0.6) is 0 Å². The van der Waals surface area contributed by atoms with Crippen molar-refractivity contribution in [1.82, 2.24) is 4.90 Å². The first kappa shape index (κ1) is 21.6. The SMILES string of the molecule is O=C(O)c1ccc([C@@H]2C[C@@H](OC(F)(F)F)CCN2C(=O)OCc2ccccc2)cc1. The van der Waals surface area contributed by atoms with E-state index in [2.05, 4.69) is 4.74 Å². The number of carboxylic acids is 1. The Hall–Kier alpha value is -3.07. The smallest absolute Gasteiger partial charge is 0.478 e. The third-order valence-corrected chi connectivity index (χ3v) is 4.84. The zero-order valence-corrected chi connectivity index (χ0v) is 15.8. The summed E-state index contributed by atoms with van der Waals surface area (Å²) in [5.41, 5.74) is 1.33. The summed E-state index contributed by atoms with van der Waals surface area (Å²) >= 11 is 0. The van der Waals surface area contributed by atoms with Gasteiger partial charge in [0.05, 0.1) is 17.7 Å². The first-order chi connectivity index (χ1) is 14.2. The van der Waals surface area contributed by atoms with Crippen LogP contribution in [0.3, 0.4) is 0 Å². The molecule has 2 aromatic carbocycles. The van der Waals surface area contributed by atoms with Crippen molar-refractivity contribution < 1.29 is 37.3 Å². The summed E-state index contributed by atoms with van der Waals surface area (Å²) < 4.78 is 47.6.